The predicted molar refractivity (Wildman–Crippen MR) is 70.3 cm³/mol. The summed E-state index contributed by atoms with van der Waals surface area (Å²) in [6, 6.07) is 8.54. The van der Waals surface area contributed by atoms with Gasteiger partial charge in [0.25, 0.3) is 0 Å². The molecule has 1 aliphatic rings. The predicted octanol–water partition coefficient (Wildman–Crippen LogP) is 3.01. The number of aromatic amines is 1. The van der Waals surface area contributed by atoms with Crippen LogP contribution in [-0.2, 0) is 4.74 Å². The molecule has 0 spiro atoms. The second kappa shape index (κ2) is 4.80. The Kier molecular flexibility index (Phi) is 3.01. The zero-order chi connectivity index (χ0) is 11.5. The van der Waals surface area contributed by atoms with E-state index in [1.54, 1.807) is 0 Å². The maximum atomic E-state index is 5.48. The number of ether oxygens (including phenoxy) is 1. The van der Waals surface area contributed by atoms with Crippen molar-refractivity contribution < 1.29 is 4.74 Å². The molecular weight excluding hydrogens is 212 g/mol. The third kappa shape index (κ3) is 2.44. The van der Waals surface area contributed by atoms with E-state index < -0.39 is 0 Å². The maximum Gasteiger partial charge on any atom is 0.0511 e. The SMILES string of the molecule is c1cc2cc(NCC3CCCOC3)ccc2[nH]1. The van der Waals surface area contributed by atoms with Gasteiger partial charge in [-0.1, -0.05) is 0 Å². The molecule has 0 bridgehead atoms. The Bertz CT molecular complexity index is 486. The van der Waals surface area contributed by atoms with Crippen LogP contribution in [0, 0.1) is 5.92 Å². The first-order chi connectivity index (χ1) is 8.42. The number of rotatable bonds is 3. The molecule has 2 aromatic rings. The molecule has 0 saturated carbocycles. The quantitative estimate of drug-likeness (QED) is 0.850. The lowest BCUT2D eigenvalue weighted by Crippen LogP contribution is -2.24. The van der Waals surface area contributed by atoms with Gasteiger partial charge in [0.2, 0.25) is 0 Å². The summed E-state index contributed by atoms with van der Waals surface area (Å²) in [6.07, 6.45) is 4.45. The number of H-pyrrole nitrogens is 1. The summed E-state index contributed by atoms with van der Waals surface area (Å²) in [5, 5.41) is 4.76. The standard InChI is InChI=1S/C14H18N2O/c1-2-11(10-17-7-1)9-16-13-3-4-14-12(8-13)5-6-15-14/h3-6,8,11,15-16H,1-2,7,9-10H2. The zero-order valence-corrected chi connectivity index (χ0v) is 9.91. The number of hydrogen-bond donors (Lipinski definition) is 2. The second-order valence-electron chi connectivity index (χ2n) is 4.74. The summed E-state index contributed by atoms with van der Waals surface area (Å²) in [5.41, 5.74) is 2.39. The number of benzene rings is 1. The van der Waals surface area contributed by atoms with E-state index in [1.807, 2.05) is 6.20 Å². The first-order valence-electron chi connectivity index (χ1n) is 6.30. The Labute approximate surface area is 101 Å². The molecule has 0 amide bonds. The summed E-state index contributed by atoms with van der Waals surface area (Å²) in [5.74, 6) is 0.658. The van der Waals surface area contributed by atoms with Crippen molar-refractivity contribution in [1.82, 2.24) is 4.98 Å². The smallest absolute Gasteiger partial charge is 0.0511 e. The minimum Gasteiger partial charge on any atom is -0.385 e. The average Bonchev–Trinajstić information content (AvgIpc) is 2.85. The monoisotopic (exact) mass is 230 g/mol. The zero-order valence-electron chi connectivity index (χ0n) is 9.91. The molecular formula is C14H18N2O. The van der Waals surface area contributed by atoms with Crippen LogP contribution in [0.25, 0.3) is 10.9 Å². The molecule has 3 rings (SSSR count). The molecule has 2 N–H and O–H groups in total. The third-order valence-electron chi connectivity index (χ3n) is 3.40. The van der Waals surface area contributed by atoms with Gasteiger partial charge in [0.15, 0.2) is 0 Å². The second-order valence-corrected chi connectivity index (χ2v) is 4.74. The maximum absolute atomic E-state index is 5.48. The third-order valence-corrected chi connectivity index (χ3v) is 3.40. The Balaban J connectivity index is 1.63. The first-order valence-corrected chi connectivity index (χ1v) is 6.30. The van der Waals surface area contributed by atoms with Gasteiger partial charge >= 0.3 is 0 Å². The van der Waals surface area contributed by atoms with E-state index in [0.29, 0.717) is 5.92 Å². The fourth-order valence-corrected chi connectivity index (χ4v) is 2.39. The molecule has 1 fully saturated rings. The molecule has 1 aromatic heterocycles. The van der Waals surface area contributed by atoms with E-state index >= 15 is 0 Å². The van der Waals surface area contributed by atoms with Gasteiger partial charge in [-0.3, -0.25) is 0 Å². The van der Waals surface area contributed by atoms with Crippen LogP contribution in [0.2, 0.25) is 0 Å². The summed E-state index contributed by atoms with van der Waals surface area (Å²) >= 11 is 0. The van der Waals surface area contributed by atoms with E-state index in [0.717, 1.165) is 19.8 Å². The lowest BCUT2D eigenvalue weighted by atomic mass is 10.0. The fourth-order valence-electron chi connectivity index (χ4n) is 2.39. The van der Waals surface area contributed by atoms with E-state index in [-0.39, 0.29) is 0 Å². The van der Waals surface area contributed by atoms with Crippen LogP contribution in [0.5, 0.6) is 0 Å². The van der Waals surface area contributed by atoms with Gasteiger partial charge in [-0.05, 0) is 43.0 Å². The van der Waals surface area contributed by atoms with E-state index in [2.05, 4.69) is 34.6 Å². The summed E-state index contributed by atoms with van der Waals surface area (Å²) in [7, 11) is 0. The van der Waals surface area contributed by atoms with Gasteiger partial charge in [0.05, 0.1) is 6.61 Å². The van der Waals surface area contributed by atoms with E-state index in [4.69, 9.17) is 4.74 Å². The molecule has 90 valence electrons. The van der Waals surface area contributed by atoms with E-state index in [1.165, 1.54) is 29.4 Å². The van der Waals surface area contributed by atoms with Gasteiger partial charge in [0, 0.05) is 35.9 Å². The van der Waals surface area contributed by atoms with Crippen LogP contribution in [0.1, 0.15) is 12.8 Å². The summed E-state index contributed by atoms with van der Waals surface area (Å²) in [4.78, 5) is 3.20. The summed E-state index contributed by atoms with van der Waals surface area (Å²) in [6.45, 7) is 2.85. The van der Waals surface area contributed by atoms with Crippen LogP contribution >= 0.6 is 0 Å². The topological polar surface area (TPSA) is 37.0 Å². The lowest BCUT2D eigenvalue weighted by molar-refractivity contribution is 0.0595. The number of nitrogens with one attached hydrogen (secondary N) is 2. The minimum absolute atomic E-state index is 0.658. The van der Waals surface area contributed by atoms with Crippen molar-refractivity contribution >= 4 is 16.6 Å². The Morgan fingerprint density at radius 1 is 1.35 bits per heavy atom. The van der Waals surface area contributed by atoms with Crippen molar-refractivity contribution in [2.24, 2.45) is 5.92 Å². The first kappa shape index (κ1) is 10.7. The molecule has 0 radical (unpaired) electrons. The molecule has 1 aliphatic heterocycles. The Hall–Kier alpha value is -1.48. The largest absolute Gasteiger partial charge is 0.385 e. The molecule has 1 unspecified atom stereocenters. The number of anilines is 1. The molecule has 17 heavy (non-hydrogen) atoms. The van der Waals surface area contributed by atoms with Gasteiger partial charge in [-0.25, -0.2) is 0 Å². The van der Waals surface area contributed by atoms with Crippen molar-refractivity contribution in [3.8, 4) is 0 Å². The van der Waals surface area contributed by atoms with Crippen LogP contribution in [-0.4, -0.2) is 24.7 Å². The van der Waals surface area contributed by atoms with Crippen molar-refractivity contribution in [3.63, 3.8) is 0 Å². The molecule has 1 aromatic carbocycles. The van der Waals surface area contributed by atoms with Gasteiger partial charge in [-0.2, -0.15) is 0 Å². The fraction of sp³-hybridized carbons (Fsp3) is 0.429. The molecule has 1 saturated heterocycles. The van der Waals surface area contributed by atoms with Crippen LogP contribution in [0.4, 0.5) is 5.69 Å². The number of aromatic nitrogens is 1. The van der Waals surface area contributed by atoms with Gasteiger partial charge in [0.1, 0.15) is 0 Å². The minimum atomic E-state index is 0.658. The highest BCUT2D eigenvalue weighted by Gasteiger charge is 2.13. The van der Waals surface area contributed by atoms with Crippen LogP contribution in [0.15, 0.2) is 30.5 Å². The van der Waals surface area contributed by atoms with Gasteiger partial charge in [-0.15, -0.1) is 0 Å². The van der Waals surface area contributed by atoms with Crippen LogP contribution < -0.4 is 5.32 Å². The molecule has 3 heteroatoms. The molecule has 3 nitrogen and oxygen atoms in total. The molecule has 0 aliphatic carbocycles. The van der Waals surface area contributed by atoms with Crippen LogP contribution in [0.3, 0.4) is 0 Å². The van der Waals surface area contributed by atoms with Crippen molar-refractivity contribution in [3.05, 3.63) is 30.5 Å². The Morgan fingerprint density at radius 3 is 3.24 bits per heavy atom. The lowest BCUT2D eigenvalue weighted by Gasteiger charge is -2.22. The van der Waals surface area contributed by atoms with Gasteiger partial charge < -0.3 is 15.0 Å². The Morgan fingerprint density at radius 2 is 2.35 bits per heavy atom. The average molecular weight is 230 g/mol. The van der Waals surface area contributed by atoms with Crippen molar-refractivity contribution in [1.29, 1.82) is 0 Å². The highest BCUT2D eigenvalue weighted by Crippen LogP contribution is 2.19. The number of fused-ring (bicyclic) bond motifs is 1. The van der Waals surface area contributed by atoms with E-state index in [9.17, 15) is 0 Å². The highest BCUT2D eigenvalue weighted by molar-refractivity contribution is 5.82. The molecule has 1 atom stereocenters. The summed E-state index contributed by atoms with van der Waals surface area (Å²) < 4.78 is 5.48. The molecule has 2 heterocycles. The van der Waals surface area contributed by atoms with Crippen molar-refractivity contribution in [2.45, 2.75) is 12.8 Å². The normalized spacial score (nSPS) is 20.6. The highest BCUT2D eigenvalue weighted by atomic mass is 16.5. The van der Waals surface area contributed by atoms with Crippen molar-refractivity contribution in [2.75, 3.05) is 25.1 Å². The number of hydrogen-bond acceptors (Lipinski definition) is 2.